The van der Waals surface area contributed by atoms with Crippen molar-refractivity contribution in [1.82, 2.24) is 20.4 Å². The van der Waals surface area contributed by atoms with Gasteiger partial charge in [-0.2, -0.15) is 4.98 Å². The van der Waals surface area contributed by atoms with E-state index >= 15 is 0 Å². The number of carbonyl (C=O) groups is 1. The number of likely N-dealkylation sites (tertiary alicyclic amines) is 1. The van der Waals surface area contributed by atoms with Gasteiger partial charge in [0.1, 0.15) is 5.75 Å². The van der Waals surface area contributed by atoms with Crippen molar-refractivity contribution in [3.05, 3.63) is 30.2 Å². The van der Waals surface area contributed by atoms with Gasteiger partial charge >= 0.3 is 6.03 Å². The molecule has 0 spiro atoms. The number of hydrogen-bond acceptors (Lipinski definition) is 5. The molecule has 2 amide bonds. The maximum absolute atomic E-state index is 12.7. The molecule has 1 saturated heterocycles. The Balaban J connectivity index is 1.37. The lowest BCUT2D eigenvalue weighted by Gasteiger charge is -2.34. The van der Waals surface area contributed by atoms with E-state index in [1.54, 1.807) is 7.11 Å². The molecular formula is C22H30N4O3. The van der Waals surface area contributed by atoms with Crippen molar-refractivity contribution in [2.24, 2.45) is 5.92 Å². The fraction of sp³-hybridized carbons (Fsp3) is 0.591. The van der Waals surface area contributed by atoms with Crippen LogP contribution in [-0.2, 0) is 0 Å². The van der Waals surface area contributed by atoms with E-state index in [0.717, 1.165) is 49.5 Å². The molecule has 156 valence electrons. The summed E-state index contributed by atoms with van der Waals surface area (Å²) >= 11 is 0. The Morgan fingerprint density at radius 2 is 1.93 bits per heavy atom. The number of ether oxygens (including phenoxy) is 1. The van der Waals surface area contributed by atoms with Gasteiger partial charge in [-0.25, -0.2) is 4.79 Å². The summed E-state index contributed by atoms with van der Waals surface area (Å²) < 4.78 is 10.7. The number of piperidine rings is 1. The largest absolute Gasteiger partial charge is 0.497 e. The second-order valence-corrected chi connectivity index (χ2v) is 8.38. The number of methoxy groups -OCH3 is 1. The highest BCUT2D eigenvalue weighted by Crippen LogP contribution is 2.29. The van der Waals surface area contributed by atoms with E-state index in [2.05, 4.69) is 22.4 Å². The predicted octanol–water partition coefficient (Wildman–Crippen LogP) is 4.21. The fourth-order valence-electron chi connectivity index (χ4n) is 4.29. The summed E-state index contributed by atoms with van der Waals surface area (Å²) in [6, 6.07) is 7.94. The van der Waals surface area contributed by atoms with Crippen molar-refractivity contribution in [3.8, 4) is 17.1 Å². The highest BCUT2D eigenvalue weighted by Gasteiger charge is 2.30. The Hall–Kier alpha value is -2.57. The molecule has 2 aliphatic rings. The molecule has 2 heterocycles. The van der Waals surface area contributed by atoms with Crippen LogP contribution in [0.3, 0.4) is 0 Å². The maximum atomic E-state index is 12.7. The van der Waals surface area contributed by atoms with Gasteiger partial charge in [-0.15, -0.1) is 0 Å². The molecule has 1 saturated carbocycles. The van der Waals surface area contributed by atoms with Gasteiger partial charge < -0.3 is 19.5 Å². The third-order valence-corrected chi connectivity index (χ3v) is 6.19. The summed E-state index contributed by atoms with van der Waals surface area (Å²) in [4.78, 5) is 19.3. The SMILES string of the molecule is COc1ccc(-c2noc(C3CCCN(C(=O)NC4CCC(C)CC4)C3)n2)cc1. The average molecular weight is 399 g/mol. The van der Waals surface area contributed by atoms with Crippen LogP contribution in [0.2, 0.25) is 0 Å². The molecule has 2 fully saturated rings. The van der Waals surface area contributed by atoms with E-state index in [1.165, 1.54) is 12.8 Å². The molecule has 0 radical (unpaired) electrons. The summed E-state index contributed by atoms with van der Waals surface area (Å²) in [5, 5.41) is 7.37. The number of hydrogen-bond donors (Lipinski definition) is 1. The van der Waals surface area contributed by atoms with Gasteiger partial charge in [-0.1, -0.05) is 12.1 Å². The van der Waals surface area contributed by atoms with Crippen molar-refractivity contribution in [2.75, 3.05) is 20.2 Å². The van der Waals surface area contributed by atoms with Crippen LogP contribution >= 0.6 is 0 Å². The minimum atomic E-state index is 0.0455. The summed E-state index contributed by atoms with van der Waals surface area (Å²) in [5.74, 6) is 2.83. The highest BCUT2D eigenvalue weighted by atomic mass is 16.5. The number of amides is 2. The average Bonchev–Trinajstić information content (AvgIpc) is 3.26. The summed E-state index contributed by atoms with van der Waals surface area (Å²) in [6.07, 6.45) is 6.46. The van der Waals surface area contributed by atoms with Crippen molar-refractivity contribution in [2.45, 2.75) is 57.4 Å². The first kappa shape index (κ1) is 19.7. The van der Waals surface area contributed by atoms with E-state index in [-0.39, 0.29) is 11.9 Å². The van der Waals surface area contributed by atoms with Gasteiger partial charge in [0.05, 0.1) is 13.0 Å². The second-order valence-electron chi connectivity index (χ2n) is 8.38. The Kier molecular flexibility index (Phi) is 6.02. The van der Waals surface area contributed by atoms with Crippen LogP contribution in [0.25, 0.3) is 11.4 Å². The monoisotopic (exact) mass is 398 g/mol. The Labute approximate surface area is 171 Å². The molecule has 1 N–H and O–H groups in total. The first-order valence-electron chi connectivity index (χ1n) is 10.7. The normalized spacial score (nSPS) is 24.9. The number of rotatable bonds is 4. The molecular weight excluding hydrogens is 368 g/mol. The van der Waals surface area contributed by atoms with Crippen molar-refractivity contribution >= 4 is 6.03 Å². The molecule has 1 atom stereocenters. The fourth-order valence-corrected chi connectivity index (χ4v) is 4.29. The number of urea groups is 1. The van der Waals surface area contributed by atoms with Gasteiger partial charge in [0.2, 0.25) is 11.7 Å². The van der Waals surface area contributed by atoms with Crippen molar-refractivity contribution in [3.63, 3.8) is 0 Å². The molecule has 7 nitrogen and oxygen atoms in total. The summed E-state index contributed by atoms with van der Waals surface area (Å²) in [7, 11) is 1.64. The molecule has 1 aromatic carbocycles. The molecule has 7 heteroatoms. The van der Waals surface area contributed by atoms with Gasteiger partial charge in [-0.05, 0) is 68.7 Å². The first-order valence-corrected chi connectivity index (χ1v) is 10.7. The smallest absolute Gasteiger partial charge is 0.317 e. The van der Waals surface area contributed by atoms with Gasteiger partial charge in [0, 0.05) is 24.7 Å². The maximum Gasteiger partial charge on any atom is 0.317 e. The molecule has 1 aromatic heterocycles. The van der Waals surface area contributed by atoms with E-state index in [9.17, 15) is 4.79 Å². The van der Waals surface area contributed by atoms with E-state index in [1.807, 2.05) is 29.2 Å². The molecule has 2 aromatic rings. The number of nitrogens with zero attached hydrogens (tertiary/aromatic N) is 3. The predicted molar refractivity (Wildman–Crippen MR) is 110 cm³/mol. The Morgan fingerprint density at radius 1 is 1.17 bits per heavy atom. The number of carbonyl (C=O) groups excluding carboxylic acids is 1. The van der Waals surface area contributed by atoms with Gasteiger partial charge in [0.15, 0.2) is 0 Å². The third-order valence-electron chi connectivity index (χ3n) is 6.19. The molecule has 1 aliphatic carbocycles. The first-order chi connectivity index (χ1) is 14.1. The van der Waals surface area contributed by atoms with Crippen LogP contribution in [0.5, 0.6) is 5.75 Å². The minimum absolute atomic E-state index is 0.0455. The molecule has 0 bridgehead atoms. The van der Waals surface area contributed by atoms with Crippen LogP contribution < -0.4 is 10.1 Å². The number of aromatic nitrogens is 2. The van der Waals surface area contributed by atoms with Crippen LogP contribution in [0.15, 0.2) is 28.8 Å². The van der Waals surface area contributed by atoms with Gasteiger partial charge in [-0.3, -0.25) is 0 Å². The van der Waals surface area contributed by atoms with Crippen molar-refractivity contribution in [1.29, 1.82) is 0 Å². The lowest BCUT2D eigenvalue weighted by Crippen LogP contribution is -2.49. The Morgan fingerprint density at radius 3 is 2.66 bits per heavy atom. The summed E-state index contributed by atoms with van der Waals surface area (Å²) in [5.41, 5.74) is 0.887. The zero-order valence-corrected chi connectivity index (χ0v) is 17.3. The highest BCUT2D eigenvalue weighted by molar-refractivity contribution is 5.74. The van der Waals surface area contributed by atoms with Crippen LogP contribution in [0, 0.1) is 5.92 Å². The zero-order valence-electron chi connectivity index (χ0n) is 17.3. The summed E-state index contributed by atoms with van der Waals surface area (Å²) in [6.45, 7) is 3.70. The van der Waals surface area contributed by atoms with Crippen LogP contribution in [0.1, 0.15) is 57.3 Å². The molecule has 1 aliphatic heterocycles. The van der Waals surface area contributed by atoms with E-state index in [0.29, 0.717) is 24.3 Å². The molecule has 1 unspecified atom stereocenters. The minimum Gasteiger partial charge on any atom is -0.497 e. The Bertz CT molecular complexity index is 812. The quantitative estimate of drug-likeness (QED) is 0.834. The van der Waals surface area contributed by atoms with Gasteiger partial charge in [0.25, 0.3) is 0 Å². The molecule has 4 rings (SSSR count). The number of benzene rings is 1. The third kappa shape index (κ3) is 4.71. The van der Waals surface area contributed by atoms with Crippen LogP contribution in [0.4, 0.5) is 4.79 Å². The lowest BCUT2D eigenvalue weighted by atomic mass is 9.87. The second kappa shape index (κ2) is 8.84. The van der Waals surface area contributed by atoms with Crippen molar-refractivity contribution < 1.29 is 14.1 Å². The van der Waals surface area contributed by atoms with Crippen LogP contribution in [-0.4, -0.2) is 47.3 Å². The lowest BCUT2D eigenvalue weighted by molar-refractivity contribution is 0.164. The number of nitrogens with one attached hydrogen (secondary N) is 1. The standard InChI is InChI=1S/C22H30N4O3/c1-15-5-9-18(10-6-15)23-22(27)26-13-3-4-17(14-26)21-24-20(25-29-21)16-7-11-19(28-2)12-8-16/h7-8,11-12,15,17-18H,3-6,9-10,13-14H2,1-2H3,(H,23,27). The topological polar surface area (TPSA) is 80.5 Å². The zero-order chi connectivity index (χ0) is 20.2. The molecule has 29 heavy (non-hydrogen) atoms. The van der Waals surface area contributed by atoms with E-state index in [4.69, 9.17) is 9.26 Å². The van der Waals surface area contributed by atoms with E-state index < -0.39 is 0 Å².